The number of nitrogens with one attached hydrogen (secondary N) is 1. The van der Waals surface area contributed by atoms with Crippen LogP contribution >= 0.6 is 0 Å². The summed E-state index contributed by atoms with van der Waals surface area (Å²) in [4.78, 5) is 1.51. The smallest absolute Gasteiger partial charge is 0.243 e. The van der Waals surface area contributed by atoms with Crippen molar-refractivity contribution in [1.82, 2.24) is 9.62 Å². The first-order valence-corrected chi connectivity index (χ1v) is 11.4. The lowest BCUT2D eigenvalue weighted by Gasteiger charge is -2.35. The summed E-state index contributed by atoms with van der Waals surface area (Å²) in [5, 5.41) is 0. The average molecular weight is 394 g/mol. The van der Waals surface area contributed by atoms with Gasteiger partial charge in [-0.3, -0.25) is 4.90 Å². The van der Waals surface area contributed by atoms with E-state index in [1.807, 2.05) is 0 Å². The summed E-state index contributed by atoms with van der Waals surface area (Å²) in [5.74, 6) is -1.60. The highest BCUT2D eigenvalue weighted by Crippen LogP contribution is 2.23. The van der Waals surface area contributed by atoms with Gasteiger partial charge in [-0.2, -0.15) is 0 Å². The summed E-state index contributed by atoms with van der Waals surface area (Å²) in [7, 11) is -7.03. The van der Waals surface area contributed by atoms with E-state index in [0.717, 1.165) is 12.1 Å². The molecule has 3 rings (SSSR count). The standard InChI is InChI=1S/C15H20F2N2O4S2/c16-11-1-2-15(14(17)9-11)25(22,23)18-12-3-6-19(7-4-12)13-5-8-24(20,21)10-13/h1-2,9,12-13,18H,3-8,10H2. The molecule has 0 aromatic heterocycles. The molecule has 0 saturated carbocycles. The third-order valence-electron chi connectivity index (χ3n) is 4.76. The zero-order valence-corrected chi connectivity index (χ0v) is 15.1. The third kappa shape index (κ3) is 4.36. The molecule has 2 heterocycles. The monoisotopic (exact) mass is 394 g/mol. The largest absolute Gasteiger partial charge is 0.299 e. The van der Waals surface area contributed by atoms with Gasteiger partial charge in [-0.15, -0.1) is 0 Å². The Morgan fingerprint density at radius 1 is 1.12 bits per heavy atom. The molecule has 1 aromatic rings. The Balaban J connectivity index is 1.60. The molecule has 2 saturated heterocycles. The predicted octanol–water partition coefficient (Wildman–Crippen LogP) is 0.895. The van der Waals surface area contributed by atoms with Gasteiger partial charge in [0.1, 0.15) is 16.5 Å². The first-order valence-electron chi connectivity index (χ1n) is 8.08. The van der Waals surface area contributed by atoms with Crippen molar-refractivity contribution in [1.29, 1.82) is 0 Å². The molecule has 1 atom stereocenters. The number of piperidine rings is 1. The van der Waals surface area contributed by atoms with Crippen LogP contribution in [0.15, 0.2) is 23.1 Å². The number of sulfone groups is 1. The van der Waals surface area contributed by atoms with Crippen LogP contribution < -0.4 is 4.72 Å². The van der Waals surface area contributed by atoms with Gasteiger partial charge in [0.25, 0.3) is 0 Å². The van der Waals surface area contributed by atoms with E-state index < -0.39 is 36.4 Å². The van der Waals surface area contributed by atoms with Crippen LogP contribution in [0.2, 0.25) is 0 Å². The average Bonchev–Trinajstić information content (AvgIpc) is 2.87. The maximum atomic E-state index is 13.7. The van der Waals surface area contributed by atoms with Crippen LogP contribution in [-0.4, -0.2) is 58.4 Å². The first kappa shape index (κ1) is 18.7. The molecule has 0 radical (unpaired) electrons. The maximum absolute atomic E-state index is 13.7. The summed E-state index contributed by atoms with van der Waals surface area (Å²) < 4.78 is 76.8. The van der Waals surface area contributed by atoms with E-state index in [0.29, 0.717) is 38.4 Å². The molecule has 25 heavy (non-hydrogen) atoms. The highest BCUT2D eigenvalue weighted by atomic mass is 32.2. The molecule has 1 unspecified atom stereocenters. The van der Waals surface area contributed by atoms with Crippen molar-refractivity contribution in [2.75, 3.05) is 24.6 Å². The molecule has 2 fully saturated rings. The highest BCUT2D eigenvalue weighted by Gasteiger charge is 2.35. The Kier molecular flexibility index (Phi) is 5.16. The third-order valence-corrected chi connectivity index (χ3v) is 8.06. The van der Waals surface area contributed by atoms with Gasteiger partial charge in [0.15, 0.2) is 9.84 Å². The molecule has 10 heteroatoms. The number of nitrogens with zero attached hydrogens (tertiary/aromatic N) is 1. The Hall–Kier alpha value is -1.10. The number of likely N-dealkylation sites (tertiary alicyclic amines) is 1. The van der Waals surface area contributed by atoms with Gasteiger partial charge < -0.3 is 0 Å². The molecule has 2 aliphatic rings. The second-order valence-electron chi connectivity index (χ2n) is 6.56. The summed E-state index contributed by atoms with van der Waals surface area (Å²) in [5.41, 5.74) is 0. The number of sulfonamides is 1. The lowest BCUT2D eigenvalue weighted by Crippen LogP contribution is -2.48. The molecule has 0 bridgehead atoms. The van der Waals surface area contributed by atoms with Crippen molar-refractivity contribution >= 4 is 19.9 Å². The lowest BCUT2D eigenvalue weighted by molar-refractivity contribution is 0.161. The van der Waals surface area contributed by atoms with Gasteiger partial charge in [0.2, 0.25) is 10.0 Å². The zero-order valence-electron chi connectivity index (χ0n) is 13.5. The molecular formula is C15H20F2N2O4S2. The zero-order chi connectivity index (χ0) is 18.2. The van der Waals surface area contributed by atoms with Crippen molar-refractivity contribution in [3.63, 3.8) is 0 Å². The predicted molar refractivity (Wildman–Crippen MR) is 88.3 cm³/mol. The van der Waals surface area contributed by atoms with Crippen molar-refractivity contribution in [3.05, 3.63) is 29.8 Å². The number of halogens is 2. The Labute approximate surface area is 146 Å². The van der Waals surface area contributed by atoms with Crippen LogP contribution in [0.4, 0.5) is 8.78 Å². The van der Waals surface area contributed by atoms with Crippen molar-refractivity contribution in [2.24, 2.45) is 0 Å². The fraction of sp³-hybridized carbons (Fsp3) is 0.600. The Morgan fingerprint density at radius 2 is 1.80 bits per heavy atom. The van der Waals surface area contributed by atoms with E-state index in [-0.39, 0.29) is 23.6 Å². The van der Waals surface area contributed by atoms with E-state index >= 15 is 0 Å². The SMILES string of the molecule is O=S1(=O)CCC(N2CCC(NS(=O)(=O)c3ccc(F)cc3F)CC2)C1. The maximum Gasteiger partial charge on any atom is 0.243 e. The molecule has 6 nitrogen and oxygen atoms in total. The molecule has 0 spiro atoms. The minimum atomic E-state index is -4.07. The van der Waals surface area contributed by atoms with Gasteiger partial charge in [0, 0.05) is 18.2 Å². The summed E-state index contributed by atoms with van der Waals surface area (Å²) >= 11 is 0. The normalized spacial score (nSPS) is 25.3. The van der Waals surface area contributed by atoms with E-state index in [4.69, 9.17) is 0 Å². The minimum absolute atomic E-state index is 0.00269. The minimum Gasteiger partial charge on any atom is -0.299 e. The molecule has 1 aromatic carbocycles. The molecule has 0 aliphatic carbocycles. The number of benzene rings is 1. The second kappa shape index (κ2) is 6.90. The Bertz CT molecular complexity index is 850. The van der Waals surface area contributed by atoms with Gasteiger partial charge in [-0.05, 0) is 44.5 Å². The van der Waals surface area contributed by atoms with Crippen molar-refractivity contribution in [2.45, 2.75) is 36.2 Å². The van der Waals surface area contributed by atoms with Crippen molar-refractivity contribution < 1.29 is 25.6 Å². The summed E-state index contributed by atoms with van der Waals surface area (Å²) in [6, 6.07) is 1.99. The van der Waals surface area contributed by atoms with Gasteiger partial charge in [-0.25, -0.2) is 30.3 Å². The van der Waals surface area contributed by atoms with Crippen LogP contribution in [0.3, 0.4) is 0 Å². The quantitative estimate of drug-likeness (QED) is 0.820. The van der Waals surface area contributed by atoms with Crippen LogP contribution in [0.5, 0.6) is 0 Å². The van der Waals surface area contributed by atoms with E-state index in [1.165, 1.54) is 0 Å². The molecule has 1 N–H and O–H groups in total. The summed E-state index contributed by atoms with van der Waals surface area (Å²) in [6.07, 6.45) is 1.64. The molecule has 2 aliphatic heterocycles. The van der Waals surface area contributed by atoms with E-state index in [2.05, 4.69) is 9.62 Å². The fourth-order valence-corrected chi connectivity index (χ4v) is 6.55. The lowest BCUT2D eigenvalue weighted by atomic mass is 10.0. The van der Waals surface area contributed by atoms with Crippen LogP contribution in [0, 0.1) is 11.6 Å². The molecule has 140 valence electrons. The molecular weight excluding hydrogens is 374 g/mol. The topological polar surface area (TPSA) is 83.6 Å². The Morgan fingerprint density at radius 3 is 2.36 bits per heavy atom. The first-order chi connectivity index (χ1) is 11.7. The van der Waals surface area contributed by atoms with E-state index in [1.54, 1.807) is 0 Å². The van der Waals surface area contributed by atoms with Crippen LogP contribution in [0.25, 0.3) is 0 Å². The number of rotatable bonds is 4. The fourth-order valence-electron chi connectivity index (χ4n) is 3.42. The number of hydrogen-bond donors (Lipinski definition) is 1. The molecule has 0 amide bonds. The highest BCUT2D eigenvalue weighted by molar-refractivity contribution is 7.91. The van der Waals surface area contributed by atoms with E-state index in [9.17, 15) is 25.6 Å². The van der Waals surface area contributed by atoms with Gasteiger partial charge >= 0.3 is 0 Å². The van der Waals surface area contributed by atoms with Crippen molar-refractivity contribution in [3.8, 4) is 0 Å². The van der Waals surface area contributed by atoms with Crippen LogP contribution in [-0.2, 0) is 19.9 Å². The number of hydrogen-bond acceptors (Lipinski definition) is 5. The van der Waals surface area contributed by atoms with Gasteiger partial charge in [0.05, 0.1) is 11.5 Å². The summed E-state index contributed by atoms with van der Waals surface area (Å²) in [6.45, 7) is 1.17. The van der Waals surface area contributed by atoms with Gasteiger partial charge in [-0.1, -0.05) is 0 Å². The second-order valence-corrected chi connectivity index (χ2v) is 10.5. The van der Waals surface area contributed by atoms with Crippen LogP contribution in [0.1, 0.15) is 19.3 Å².